The van der Waals surface area contributed by atoms with E-state index in [2.05, 4.69) is 5.10 Å². The van der Waals surface area contributed by atoms with E-state index >= 15 is 0 Å². The summed E-state index contributed by atoms with van der Waals surface area (Å²) in [7, 11) is 0. The largest absolute Gasteiger partial charge is 0.454 e. The quantitative estimate of drug-likeness (QED) is 0.483. The summed E-state index contributed by atoms with van der Waals surface area (Å²) in [6.45, 7) is 6.50. The molecular weight excluding hydrogens is 232 g/mol. The summed E-state index contributed by atoms with van der Waals surface area (Å²) in [5, 5.41) is 4.41. The molecule has 0 aromatic carbocycles. The minimum absolute atomic E-state index is 0.200. The zero-order valence-corrected chi connectivity index (χ0v) is 10.7. The van der Waals surface area contributed by atoms with Crippen LogP contribution in [0.3, 0.4) is 0 Å². The van der Waals surface area contributed by atoms with Crippen LogP contribution in [0.25, 0.3) is 0 Å². The van der Waals surface area contributed by atoms with Crippen molar-refractivity contribution < 1.29 is 9.21 Å². The average Bonchev–Trinajstić information content (AvgIpc) is 2.91. The molecule has 0 saturated carbocycles. The fourth-order valence-electron chi connectivity index (χ4n) is 1.74. The number of hydrazine groups is 1. The molecule has 0 bridgehead atoms. The van der Waals surface area contributed by atoms with Crippen LogP contribution in [-0.4, -0.2) is 15.7 Å². The summed E-state index contributed by atoms with van der Waals surface area (Å²) in [6, 6.07) is 3.34. The highest BCUT2D eigenvalue weighted by Crippen LogP contribution is 2.14. The van der Waals surface area contributed by atoms with Gasteiger partial charge in [-0.15, -0.1) is 0 Å². The van der Waals surface area contributed by atoms with Crippen LogP contribution in [0.2, 0.25) is 0 Å². The maximum absolute atomic E-state index is 11.3. The van der Waals surface area contributed by atoms with Crippen LogP contribution in [-0.2, 0) is 6.54 Å². The first-order chi connectivity index (χ1) is 8.52. The Hall–Kier alpha value is -2.08. The summed E-state index contributed by atoms with van der Waals surface area (Å²) < 4.78 is 7.25. The Labute approximate surface area is 105 Å². The molecule has 6 heteroatoms. The highest BCUT2D eigenvalue weighted by molar-refractivity contribution is 5.90. The van der Waals surface area contributed by atoms with Crippen LogP contribution in [0.1, 0.15) is 33.3 Å². The molecule has 18 heavy (non-hydrogen) atoms. The lowest BCUT2D eigenvalue weighted by Gasteiger charge is -2.01. The van der Waals surface area contributed by atoms with Crippen molar-refractivity contribution in [2.24, 2.45) is 5.84 Å². The standard InChI is InChI=1S/C12H16N4O2/c1-7-8(2)15-16(9(7)3)6-10-4-5-11(18-10)12(17)14-13/h4-5H,6,13H2,1-3H3,(H,14,17). The van der Waals surface area contributed by atoms with E-state index in [4.69, 9.17) is 10.3 Å². The van der Waals surface area contributed by atoms with E-state index in [0.29, 0.717) is 12.3 Å². The number of carbonyl (C=O) groups is 1. The van der Waals surface area contributed by atoms with E-state index in [9.17, 15) is 4.79 Å². The summed E-state index contributed by atoms with van der Waals surface area (Å²) >= 11 is 0. The van der Waals surface area contributed by atoms with Crippen molar-refractivity contribution in [1.29, 1.82) is 0 Å². The molecule has 2 rings (SSSR count). The zero-order chi connectivity index (χ0) is 13.3. The molecule has 2 aromatic heterocycles. The maximum atomic E-state index is 11.3. The highest BCUT2D eigenvalue weighted by atomic mass is 16.4. The van der Waals surface area contributed by atoms with Crippen LogP contribution in [0.15, 0.2) is 16.5 Å². The number of carbonyl (C=O) groups excluding carboxylic acids is 1. The van der Waals surface area contributed by atoms with Gasteiger partial charge in [0.25, 0.3) is 0 Å². The minimum atomic E-state index is -0.439. The zero-order valence-electron chi connectivity index (χ0n) is 10.7. The van der Waals surface area contributed by atoms with Gasteiger partial charge in [0.05, 0.1) is 12.2 Å². The fraction of sp³-hybridized carbons (Fsp3) is 0.333. The van der Waals surface area contributed by atoms with Crippen LogP contribution < -0.4 is 11.3 Å². The van der Waals surface area contributed by atoms with Gasteiger partial charge in [0.1, 0.15) is 5.76 Å². The lowest BCUT2D eigenvalue weighted by atomic mass is 10.2. The van der Waals surface area contributed by atoms with Gasteiger partial charge in [0, 0.05) is 5.69 Å². The van der Waals surface area contributed by atoms with Crippen molar-refractivity contribution in [1.82, 2.24) is 15.2 Å². The minimum Gasteiger partial charge on any atom is -0.454 e. The Kier molecular flexibility index (Phi) is 3.20. The molecule has 2 heterocycles. The second-order valence-corrected chi connectivity index (χ2v) is 4.19. The third-order valence-corrected chi connectivity index (χ3v) is 3.07. The number of nitrogens with one attached hydrogen (secondary N) is 1. The molecule has 0 fully saturated rings. The molecule has 0 atom stereocenters. The molecule has 0 saturated heterocycles. The summed E-state index contributed by atoms with van der Waals surface area (Å²) in [5.41, 5.74) is 5.29. The number of amides is 1. The number of aryl methyl sites for hydroxylation is 1. The van der Waals surface area contributed by atoms with Crippen molar-refractivity contribution in [3.8, 4) is 0 Å². The first-order valence-corrected chi connectivity index (χ1v) is 5.63. The van der Waals surface area contributed by atoms with Gasteiger partial charge < -0.3 is 4.42 Å². The van der Waals surface area contributed by atoms with Crippen LogP contribution in [0, 0.1) is 20.8 Å². The van der Waals surface area contributed by atoms with E-state index < -0.39 is 5.91 Å². The number of furan rings is 1. The number of hydrogen-bond acceptors (Lipinski definition) is 4. The Morgan fingerprint density at radius 2 is 2.17 bits per heavy atom. The predicted molar refractivity (Wildman–Crippen MR) is 65.9 cm³/mol. The number of rotatable bonds is 3. The molecule has 0 aliphatic rings. The Morgan fingerprint density at radius 3 is 2.72 bits per heavy atom. The Balaban J connectivity index is 2.21. The molecule has 1 amide bonds. The monoisotopic (exact) mass is 248 g/mol. The van der Waals surface area contributed by atoms with E-state index in [0.717, 1.165) is 11.4 Å². The topological polar surface area (TPSA) is 86.1 Å². The third kappa shape index (κ3) is 2.14. The third-order valence-electron chi connectivity index (χ3n) is 3.07. The van der Waals surface area contributed by atoms with Crippen molar-refractivity contribution in [2.45, 2.75) is 27.3 Å². The van der Waals surface area contributed by atoms with Crippen LogP contribution >= 0.6 is 0 Å². The molecular formula is C12H16N4O2. The van der Waals surface area contributed by atoms with Crippen LogP contribution in [0.4, 0.5) is 0 Å². The molecule has 0 unspecified atom stereocenters. The van der Waals surface area contributed by atoms with Crippen LogP contribution in [0.5, 0.6) is 0 Å². The van der Waals surface area contributed by atoms with Crippen molar-refractivity contribution in [3.05, 3.63) is 40.6 Å². The van der Waals surface area contributed by atoms with Crippen molar-refractivity contribution in [2.75, 3.05) is 0 Å². The van der Waals surface area contributed by atoms with E-state index in [1.165, 1.54) is 5.56 Å². The Morgan fingerprint density at radius 1 is 1.44 bits per heavy atom. The lowest BCUT2D eigenvalue weighted by Crippen LogP contribution is -2.29. The number of nitrogens with zero attached hydrogens (tertiary/aromatic N) is 2. The summed E-state index contributed by atoms with van der Waals surface area (Å²) in [5.74, 6) is 5.46. The highest BCUT2D eigenvalue weighted by Gasteiger charge is 2.12. The summed E-state index contributed by atoms with van der Waals surface area (Å²) in [4.78, 5) is 11.3. The van der Waals surface area contributed by atoms with Gasteiger partial charge in [-0.25, -0.2) is 5.84 Å². The van der Waals surface area contributed by atoms with Gasteiger partial charge in [-0.2, -0.15) is 5.10 Å². The van der Waals surface area contributed by atoms with E-state index in [1.54, 1.807) is 12.1 Å². The Bertz CT molecular complexity index is 583. The predicted octanol–water partition coefficient (Wildman–Crippen LogP) is 1.05. The number of aromatic nitrogens is 2. The van der Waals surface area contributed by atoms with Gasteiger partial charge in [0.2, 0.25) is 0 Å². The molecule has 0 spiro atoms. The van der Waals surface area contributed by atoms with Gasteiger partial charge in [-0.3, -0.25) is 14.9 Å². The van der Waals surface area contributed by atoms with Crippen molar-refractivity contribution >= 4 is 5.91 Å². The van der Waals surface area contributed by atoms with E-state index in [-0.39, 0.29) is 5.76 Å². The summed E-state index contributed by atoms with van der Waals surface area (Å²) in [6.07, 6.45) is 0. The van der Waals surface area contributed by atoms with Gasteiger partial charge in [-0.1, -0.05) is 0 Å². The van der Waals surface area contributed by atoms with E-state index in [1.807, 2.05) is 30.9 Å². The first-order valence-electron chi connectivity index (χ1n) is 5.63. The number of nitrogens with two attached hydrogens (primary N) is 1. The van der Waals surface area contributed by atoms with Gasteiger partial charge in [-0.05, 0) is 38.5 Å². The maximum Gasteiger partial charge on any atom is 0.300 e. The van der Waals surface area contributed by atoms with Gasteiger partial charge in [0.15, 0.2) is 5.76 Å². The molecule has 0 aliphatic heterocycles. The number of hydrogen-bond donors (Lipinski definition) is 2. The van der Waals surface area contributed by atoms with Crippen molar-refractivity contribution in [3.63, 3.8) is 0 Å². The lowest BCUT2D eigenvalue weighted by molar-refractivity contribution is 0.0924. The average molecular weight is 248 g/mol. The second-order valence-electron chi connectivity index (χ2n) is 4.19. The smallest absolute Gasteiger partial charge is 0.300 e. The molecule has 96 valence electrons. The first kappa shape index (κ1) is 12.4. The van der Waals surface area contributed by atoms with Gasteiger partial charge >= 0.3 is 5.91 Å². The molecule has 0 aliphatic carbocycles. The molecule has 0 radical (unpaired) electrons. The molecule has 3 N–H and O–H groups in total. The number of nitrogen functional groups attached to an aromatic ring is 1. The molecule has 2 aromatic rings. The normalized spacial score (nSPS) is 10.7. The SMILES string of the molecule is Cc1nn(Cc2ccc(C(=O)NN)o2)c(C)c1C. The molecule has 6 nitrogen and oxygen atoms in total. The fourth-order valence-corrected chi connectivity index (χ4v) is 1.74. The second kappa shape index (κ2) is 4.66.